The summed E-state index contributed by atoms with van der Waals surface area (Å²) in [4.78, 5) is 4.19. The molecule has 0 spiro atoms. The number of nitrogens with one attached hydrogen (secondary N) is 1. The molecule has 0 atom stereocenters. The van der Waals surface area contributed by atoms with E-state index in [4.69, 9.17) is 0 Å². The molecule has 15 heavy (non-hydrogen) atoms. The molecule has 1 heterocycles. The summed E-state index contributed by atoms with van der Waals surface area (Å²) in [6, 6.07) is 0. The minimum Gasteiger partial charge on any atom is -0.263 e. The third-order valence-corrected chi connectivity index (χ3v) is 4.52. The predicted octanol–water partition coefficient (Wildman–Crippen LogP) is 1.04. The molecule has 0 fully saturated rings. The van der Waals surface area contributed by atoms with E-state index in [9.17, 15) is 8.42 Å². The van der Waals surface area contributed by atoms with Crippen molar-refractivity contribution in [3.05, 3.63) is 11.6 Å². The molecule has 0 aliphatic rings. The molecular weight excluding hydrogens is 214 g/mol. The van der Waals surface area contributed by atoms with Crippen molar-refractivity contribution in [2.75, 3.05) is 6.26 Å². The minimum absolute atomic E-state index is 0.341. The maximum Gasteiger partial charge on any atom is 0.171 e. The number of aromatic nitrogens is 3. The van der Waals surface area contributed by atoms with Gasteiger partial charge in [0.1, 0.15) is 10.6 Å². The summed E-state index contributed by atoms with van der Waals surface area (Å²) in [5.74, 6) is 1.08. The van der Waals surface area contributed by atoms with Crippen LogP contribution in [0.25, 0.3) is 0 Å². The first-order chi connectivity index (χ1) is 6.79. The lowest BCUT2D eigenvalue weighted by atomic mass is 10.2. The Balaban J connectivity index is 3.06. The van der Waals surface area contributed by atoms with Crippen LogP contribution in [0.3, 0.4) is 0 Å². The second-order valence-electron chi connectivity index (χ2n) is 4.14. The van der Waals surface area contributed by atoms with E-state index >= 15 is 0 Å². The van der Waals surface area contributed by atoms with Gasteiger partial charge in [-0.3, -0.25) is 5.10 Å². The van der Waals surface area contributed by atoms with Crippen LogP contribution in [0.5, 0.6) is 0 Å². The van der Waals surface area contributed by atoms with Crippen molar-refractivity contribution in [2.24, 2.45) is 0 Å². The topological polar surface area (TPSA) is 75.7 Å². The van der Waals surface area contributed by atoms with E-state index in [2.05, 4.69) is 15.2 Å². The van der Waals surface area contributed by atoms with Gasteiger partial charge in [0.15, 0.2) is 15.7 Å². The van der Waals surface area contributed by atoms with E-state index in [0.29, 0.717) is 5.82 Å². The number of sulfone groups is 1. The van der Waals surface area contributed by atoms with E-state index < -0.39 is 14.6 Å². The molecule has 0 aliphatic carbocycles. The monoisotopic (exact) mass is 231 g/mol. The van der Waals surface area contributed by atoms with Crippen molar-refractivity contribution < 1.29 is 8.42 Å². The Labute approximate surface area is 90.2 Å². The highest BCUT2D eigenvalue weighted by atomic mass is 32.2. The zero-order valence-electron chi connectivity index (χ0n) is 9.53. The molecule has 0 unspecified atom stereocenters. The van der Waals surface area contributed by atoms with Gasteiger partial charge < -0.3 is 0 Å². The fourth-order valence-electron chi connectivity index (χ4n) is 1.08. The Hall–Kier alpha value is -0.910. The van der Waals surface area contributed by atoms with Crippen LogP contribution in [-0.4, -0.2) is 29.9 Å². The molecule has 1 rings (SSSR count). The Bertz CT molecular complexity index is 434. The highest BCUT2D eigenvalue weighted by Gasteiger charge is 2.36. The number of aryl methyl sites for hydroxylation is 1. The maximum absolute atomic E-state index is 11.5. The zero-order chi connectivity index (χ0) is 11.7. The summed E-state index contributed by atoms with van der Waals surface area (Å²) < 4.78 is 22.0. The number of rotatable bonds is 4. The van der Waals surface area contributed by atoms with E-state index in [0.717, 1.165) is 18.7 Å². The minimum atomic E-state index is -3.20. The SMILES string of the molecule is CCCc1nc(C(C)(C)S(C)(=O)=O)n[nH]1. The average molecular weight is 231 g/mol. The molecule has 1 N–H and O–H groups in total. The van der Waals surface area contributed by atoms with Gasteiger partial charge in [-0.2, -0.15) is 5.10 Å². The van der Waals surface area contributed by atoms with Crippen LogP contribution in [-0.2, 0) is 21.0 Å². The molecule has 0 aromatic carbocycles. The van der Waals surface area contributed by atoms with Crippen LogP contribution in [0.2, 0.25) is 0 Å². The lowest BCUT2D eigenvalue weighted by Crippen LogP contribution is -2.29. The van der Waals surface area contributed by atoms with Gasteiger partial charge in [0, 0.05) is 12.7 Å². The van der Waals surface area contributed by atoms with Crippen LogP contribution in [0.4, 0.5) is 0 Å². The molecule has 86 valence electrons. The lowest BCUT2D eigenvalue weighted by Gasteiger charge is -2.17. The average Bonchev–Trinajstić information content (AvgIpc) is 2.51. The molecule has 0 radical (unpaired) electrons. The Kier molecular flexibility index (Phi) is 3.18. The third-order valence-electron chi connectivity index (χ3n) is 2.48. The third kappa shape index (κ3) is 2.37. The van der Waals surface area contributed by atoms with Crippen LogP contribution in [0.1, 0.15) is 38.8 Å². The molecule has 0 aliphatic heterocycles. The standard InChI is InChI=1S/C9H17N3O2S/c1-5-6-7-10-8(12-11-7)9(2,3)15(4,13)14/h5-6H2,1-4H3,(H,10,11,12). The van der Waals surface area contributed by atoms with Crippen molar-refractivity contribution in [1.82, 2.24) is 15.2 Å². The summed E-state index contributed by atoms with van der Waals surface area (Å²) in [6.45, 7) is 5.26. The maximum atomic E-state index is 11.5. The Morgan fingerprint density at radius 3 is 2.47 bits per heavy atom. The first-order valence-corrected chi connectivity index (χ1v) is 6.79. The van der Waals surface area contributed by atoms with Crippen molar-refractivity contribution in [3.8, 4) is 0 Å². The summed E-state index contributed by atoms with van der Waals surface area (Å²) >= 11 is 0. The molecule has 0 amide bonds. The zero-order valence-corrected chi connectivity index (χ0v) is 10.3. The van der Waals surface area contributed by atoms with E-state index in [-0.39, 0.29) is 0 Å². The number of H-pyrrole nitrogens is 1. The quantitative estimate of drug-likeness (QED) is 0.840. The predicted molar refractivity (Wildman–Crippen MR) is 58.2 cm³/mol. The van der Waals surface area contributed by atoms with Crippen molar-refractivity contribution in [1.29, 1.82) is 0 Å². The van der Waals surface area contributed by atoms with Crippen LogP contribution < -0.4 is 0 Å². The van der Waals surface area contributed by atoms with E-state index in [1.807, 2.05) is 6.92 Å². The van der Waals surface area contributed by atoms with E-state index in [1.54, 1.807) is 13.8 Å². The first-order valence-electron chi connectivity index (χ1n) is 4.90. The number of hydrogen-bond acceptors (Lipinski definition) is 4. The van der Waals surface area contributed by atoms with Gasteiger partial charge in [-0.1, -0.05) is 6.92 Å². The van der Waals surface area contributed by atoms with Crippen molar-refractivity contribution in [3.63, 3.8) is 0 Å². The molecule has 0 saturated carbocycles. The highest BCUT2D eigenvalue weighted by molar-refractivity contribution is 7.91. The molecule has 5 nitrogen and oxygen atoms in total. The normalized spacial score (nSPS) is 13.1. The number of aromatic amines is 1. The van der Waals surface area contributed by atoms with Crippen LogP contribution >= 0.6 is 0 Å². The fourth-order valence-corrected chi connectivity index (χ4v) is 1.50. The fraction of sp³-hybridized carbons (Fsp3) is 0.778. The number of hydrogen-bond donors (Lipinski definition) is 1. The molecular formula is C9H17N3O2S. The first kappa shape index (κ1) is 12.2. The summed E-state index contributed by atoms with van der Waals surface area (Å²) in [6.07, 6.45) is 2.93. The smallest absolute Gasteiger partial charge is 0.171 e. The molecule has 0 bridgehead atoms. The summed E-state index contributed by atoms with van der Waals surface area (Å²) in [5, 5.41) is 6.72. The second kappa shape index (κ2) is 3.92. The lowest BCUT2D eigenvalue weighted by molar-refractivity contribution is 0.550. The summed E-state index contributed by atoms with van der Waals surface area (Å²) in [5.41, 5.74) is 0. The van der Waals surface area contributed by atoms with Gasteiger partial charge in [-0.05, 0) is 20.3 Å². The van der Waals surface area contributed by atoms with Gasteiger partial charge in [0.05, 0.1) is 0 Å². The second-order valence-corrected chi connectivity index (χ2v) is 6.70. The Morgan fingerprint density at radius 1 is 1.40 bits per heavy atom. The van der Waals surface area contributed by atoms with Crippen LogP contribution in [0, 0.1) is 0 Å². The van der Waals surface area contributed by atoms with Gasteiger partial charge in [-0.25, -0.2) is 13.4 Å². The van der Waals surface area contributed by atoms with Gasteiger partial charge in [0.2, 0.25) is 0 Å². The summed E-state index contributed by atoms with van der Waals surface area (Å²) in [7, 11) is -3.20. The van der Waals surface area contributed by atoms with Gasteiger partial charge in [0.25, 0.3) is 0 Å². The largest absolute Gasteiger partial charge is 0.263 e. The molecule has 1 aromatic heterocycles. The van der Waals surface area contributed by atoms with Gasteiger partial charge in [-0.15, -0.1) is 0 Å². The van der Waals surface area contributed by atoms with Crippen molar-refractivity contribution >= 4 is 9.84 Å². The highest BCUT2D eigenvalue weighted by Crippen LogP contribution is 2.25. The molecule has 6 heteroatoms. The molecule has 0 saturated heterocycles. The Morgan fingerprint density at radius 2 is 2.00 bits per heavy atom. The number of nitrogens with zero attached hydrogens (tertiary/aromatic N) is 2. The van der Waals surface area contributed by atoms with Crippen LogP contribution in [0.15, 0.2) is 0 Å². The van der Waals surface area contributed by atoms with E-state index in [1.165, 1.54) is 6.26 Å². The molecule has 1 aromatic rings. The van der Waals surface area contributed by atoms with Gasteiger partial charge >= 0.3 is 0 Å². The van der Waals surface area contributed by atoms with Crippen molar-refractivity contribution in [2.45, 2.75) is 38.4 Å².